The van der Waals surface area contributed by atoms with Crippen LogP contribution in [0.3, 0.4) is 0 Å². The number of nitrogens with one attached hydrogen (secondary N) is 1. The molecule has 0 spiro atoms. The van der Waals surface area contributed by atoms with Crippen molar-refractivity contribution in [1.29, 1.82) is 0 Å². The molecule has 1 N–H and O–H groups in total. The smallest absolute Gasteiger partial charge is 0.295 e. The van der Waals surface area contributed by atoms with Crippen LogP contribution in [0.5, 0.6) is 5.75 Å². The van der Waals surface area contributed by atoms with Gasteiger partial charge >= 0.3 is 0 Å². The molecule has 0 aliphatic carbocycles. The Morgan fingerprint density at radius 3 is 2.32 bits per heavy atom. The zero-order chi connectivity index (χ0) is 16.4. The van der Waals surface area contributed by atoms with Gasteiger partial charge in [-0.3, -0.25) is 9.59 Å². The third kappa shape index (κ3) is 2.71. The minimum absolute atomic E-state index is 0.0384. The van der Waals surface area contributed by atoms with E-state index >= 15 is 0 Å². The quantitative estimate of drug-likeness (QED) is 0.682. The maximum atomic E-state index is 12.7. The maximum Gasteiger partial charge on any atom is 0.295 e. The molecule has 1 amide bonds. The summed E-state index contributed by atoms with van der Waals surface area (Å²) in [6.45, 7) is 7.62. The summed E-state index contributed by atoms with van der Waals surface area (Å²) in [5, 5.41) is 0.649. The summed E-state index contributed by atoms with van der Waals surface area (Å²) in [6, 6.07) is 5.39. The minimum Gasteiger partial charge on any atom is -0.496 e. The molecule has 0 atom stereocenters. The van der Waals surface area contributed by atoms with Gasteiger partial charge in [0, 0.05) is 23.8 Å². The molecule has 2 aromatic rings. The third-order valence-corrected chi connectivity index (χ3v) is 3.67. The van der Waals surface area contributed by atoms with E-state index in [1.807, 2.05) is 39.8 Å². The molecule has 1 aromatic heterocycles. The van der Waals surface area contributed by atoms with Crippen molar-refractivity contribution in [3.63, 3.8) is 0 Å². The summed E-state index contributed by atoms with van der Waals surface area (Å²) in [5.74, 6) is -0.425. The fourth-order valence-corrected chi connectivity index (χ4v) is 2.80. The number of amides is 1. The molecule has 1 aromatic carbocycles. The van der Waals surface area contributed by atoms with Gasteiger partial charge in [0.25, 0.3) is 11.7 Å². The van der Waals surface area contributed by atoms with Gasteiger partial charge in [-0.15, -0.1) is 0 Å². The topological polar surface area (TPSA) is 62.4 Å². The molecule has 0 bridgehead atoms. The predicted octanol–water partition coefficient (Wildman–Crippen LogP) is 3.00. The van der Waals surface area contributed by atoms with Gasteiger partial charge < -0.3 is 14.6 Å². The highest BCUT2D eigenvalue weighted by Gasteiger charge is 2.29. The number of hydrogen-bond donors (Lipinski definition) is 1. The average Bonchev–Trinajstić information content (AvgIpc) is 2.89. The highest BCUT2D eigenvalue weighted by Crippen LogP contribution is 2.29. The first-order valence-electron chi connectivity index (χ1n) is 7.39. The number of carbonyl (C=O) groups is 2. The van der Waals surface area contributed by atoms with Gasteiger partial charge in [-0.1, -0.05) is 6.07 Å². The number of ketones is 1. The van der Waals surface area contributed by atoms with Crippen LogP contribution in [0.4, 0.5) is 0 Å². The summed E-state index contributed by atoms with van der Waals surface area (Å²) in [5.41, 5.74) is 1.12. The number of aromatic amines is 1. The van der Waals surface area contributed by atoms with E-state index in [1.165, 1.54) is 0 Å². The molecular formula is C17H22N2O3. The Labute approximate surface area is 130 Å². The zero-order valence-electron chi connectivity index (χ0n) is 13.6. The van der Waals surface area contributed by atoms with Gasteiger partial charge in [0.15, 0.2) is 0 Å². The van der Waals surface area contributed by atoms with E-state index in [9.17, 15) is 9.59 Å². The van der Waals surface area contributed by atoms with Crippen LogP contribution in [-0.2, 0) is 4.79 Å². The predicted molar refractivity (Wildman–Crippen MR) is 86.3 cm³/mol. The first-order chi connectivity index (χ1) is 10.4. The van der Waals surface area contributed by atoms with Crippen molar-refractivity contribution < 1.29 is 14.3 Å². The van der Waals surface area contributed by atoms with Crippen LogP contribution >= 0.6 is 0 Å². The van der Waals surface area contributed by atoms with Gasteiger partial charge in [0.05, 0.1) is 18.1 Å². The summed E-state index contributed by atoms with van der Waals surface area (Å²) < 4.78 is 5.31. The Kier molecular flexibility index (Phi) is 4.54. The number of fused-ring (bicyclic) bond motifs is 1. The van der Waals surface area contributed by atoms with Crippen molar-refractivity contribution in [3.05, 3.63) is 30.0 Å². The van der Waals surface area contributed by atoms with Gasteiger partial charge in [-0.2, -0.15) is 0 Å². The van der Waals surface area contributed by atoms with Crippen molar-refractivity contribution in [2.45, 2.75) is 39.8 Å². The Hall–Kier alpha value is -2.30. The molecule has 0 unspecified atom stereocenters. The lowest BCUT2D eigenvalue weighted by Gasteiger charge is -2.29. The average molecular weight is 302 g/mol. The molecule has 5 heteroatoms. The van der Waals surface area contributed by atoms with Crippen LogP contribution in [-0.4, -0.2) is 40.8 Å². The van der Waals surface area contributed by atoms with E-state index in [2.05, 4.69) is 4.98 Å². The summed E-state index contributed by atoms with van der Waals surface area (Å²) in [7, 11) is 1.55. The second-order valence-corrected chi connectivity index (χ2v) is 5.81. The molecular weight excluding hydrogens is 280 g/mol. The van der Waals surface area contributed by atoms with Crippen LogP contribution in [0.25, 0.3) is 10.9 Å². The van der Waals surface area contributed by atoms with Crippen LogP contribution in [0.2, 0.25) is 0 Å². The molecule has 0 saturated heterocycles. The number of aromatic nitrogens is 1. The summed E-state index contributed by atoms with van der Waals surface area (Å²) in [6.07, 6.45) is 1.58. The molecule has 2 rings (SSSR count). The van der Waals surface area contributed by atoms with Crippen molar-refractivity contribution in [1.82, 2.24) is 9.88 Å². The highest BCUT2D eigenvalue weighted by molar-refractivity contribution is 6.45. The molecule has 0 saturated carbocycles. The van der Waals surface area contributed by atoms with E-state index in [4.69, 9.17) is 4.74 Å². The van der Waals surface area contributed by atoms with Gasteiger partial charge in [-0.05, 0) is 39.8 Å². The van der Waals surface area contributed by atoms with Crippen LogP contribution in [0.1, 0.15) is 38.1 Å². The standard InChI is InChI=1S/C17H22N2O3/c1-10(2)19(11(3)4)17(21)16(20)12-9-18-13-7-6-8-14(22-5)15(12)13/h6-11,18H,1-5H3. The van der Waals surface area contributed by atoms with Crippen LogP contribution < -0.4 is 4.74 Å². The first kappa shape index (κ1) is 16.1. The number of H-pyrrole nitrogens is 1. The monoisotopic (exact) mass is 302 g/mol. The molecule has 0 radical (unpaired) electrons. The molecule has 118 valence electrons. The van der Waals surface area contributed by atoms with E-state index in [0.717, 1.165) is 5.52 Å². The van der Waals surface area contributed by atoms with Crippen LogP contribution in [0, 0.1) is 0 Å². The third-order valence-electron chi connectivity index (χ3n) is 3.67. The van der Waals surface area contributed by atoms with E-state index in [1.54, 1.807) is 24.3 Å². The molecule has 0 fully saturated rings. The number of hydrogen-bond acceptors (Lipinski definition) is 3. The number of ether oxygens (including phenoxy) is 1. The van der Waals surface area contributed by atoms with Crippen molar-refractivity contribution >= 4 is 22.6 Å². The lowest BCUT2D eigenvalue weighted by molar-refractivity contribution is -0.129. The SMILES string of the molecule is COc1cccc2[nH]cc(C(=O)C(=O)N(C(C)C)C(C)C)c12. The Morgan fingerprint density at radius 2 is 1.77 bits per heavy atom. The normalized spacial score (nSPS) is 11.2. The number of carbonyl (C=O) groups excluding carboxylic acids is 2. The highest BCUT2D eigenvalue weighted by atomic mass is 16.5. The Morgan fingerprint density at radius 1 is 1.14 bits per heavy atom. The van der Waals surface area contributed by atoms with Crippen LogP contribution in [0.15, 0.2) is 24.4 Å². The minimum atomic E-state index is -0.516. The Balaban J connectivity index is 2.48. The zero-order valence-corrected chi connectivity index (χ0v) is 13.6. The molecule has 5 nitrogen and oxygen atoms in total. The summed E-state index contributed by atoms with van der Waals surface area (Å²) in [4.78, 5) is 29.9. The van der Waals surface area contributed by atoms with Gasteiger partial charge in [-0.25, -0.2) is 0 Å². The lowest BCUT2D eigenvalue weighted by Crippen LogP contribution is -2.45. The number of rotatable bonds is 5. The fraction of sp³-hybridized carbons (Fsp3) is 0.412. The fourth-order valence-electron chi connectivity index (χ4n) is 2.80. The van der Waals surface area contributed by atoms with Crippen molar-refractivity contribution in [3.8, 4) is 5.75 Å². The van der Waals surface area contributed by atoms with Crippen molar-refractivity contribution in [2.75, 3.05) is 7.11 Å². The second-order valence-electron chi connectivity index (χ2n) is 5.81. The Bertz CT molecular complexity index is 693. The molecule has 22 heavy (non-hydrogen) atoms. The number of methoxy groups -OCH3 is 1. The molecule has 0 aliphatic heterocycles. The number of nitrogens with zero attached hydrogens (tertiary/aromatic N) is 1. The van der Waals surface area contributed by atoms with E-state index in [0.29, 0.717) is 16.7 Å². The van der Waals surface area contributed by atoms with Crippen molar-refractivity contribution in [2.24, 2.45) is 0 Å². The first-order valence-corrected chi connectivity index (χ1v) is 7.39. The number of Topliss-reactive ketones (excluding diaryl/α,β-unsaturated/α-hetero) is 1. The summed E-state index contributed by atoms with van der Waals surface area (Å²) >= 11 is 0. The number of benzene rings is 1. The maximum absolute atomic E-state index is 12.7. The van der Waals surface area contributed by atoms with Gasteiger partial charge in [0.2, 0.25) is 0 Å². The largest absolute Gasteiger partial charge is 0.496 e. The molecule has 1 heterocycles. The van der Waals surface area contributed by atoms with Gasteiger partial charge in [0.1, 0.15) is 5.75 Å². The molecule has 0 aliphatic rings. The van der Waals surface area contributed by atoms with E-state index < -0.39 is 11.7 Å². The van der Waals surface area contributed by atoms with E-state index in [-0.39, 0.29) is 12.1 Å². The lowest BCUT2D eigenvalue weighted by atomic mass is 10.1. The second kappa shape index (κ2) is 6.22.